The van der Waals surface area contributed by atoms with Gasteiger partial charge in [0.1, 0.15) is 0 Å². The van der Waals surface area contributed by atoms with Gasteiger partial charge in [-0.2, -0.15) is 0 Å². The lowest BCUT2D eigenvalue weighted by Crippen LogP contribution is -2.15. The molecule has 0 heterocycles. The van der Waals surface area contributed by atoms with Crippen molar-refractivity contribution in [2.75, 3.05) is 23.3 Å². The van der Waals surface area contributed by atoms with Crippen molar-refractivity contribution in [1.82, 2.24) is 0 Å². The van der Waals surface area contributed by atoms with Crippen LogP contribution in [-0.4, -0.2) is 17.8 Å². The third-order valence-corrected chi connectivity index (χ3v) is 1.69. The lowest BCUT2D eigenvalue weighted by atomic mass is 10.2. The molecule has 1 unspecified atom stereocenters. The van der Waals surface area contributed by atoms with Gasteiger partial charge in [-0.3, -0.25) is 0 Å². The molecule has 6 N–H and O–H groups in total. The number of anilines is 3. The van der Waals surface area contributed by atoms with Gasteiger partial charge in [-0.1, -0.05) is 0 Å². The molecule has 1 aromatic rings. The number of aliphatic hydroxyl groups is 1. The van der Waals surface area contributed by atoms with E-state index >= 15 is 0 Å². The first-order valence-electron chi connectivity index (χ1n) is 4.16. The fraction of sp³-hybridized carbons (Fsp3) is 0.333. The van der Waals surface area contributed by atoms with E-state index in [0.717, 1.165) is 5.69 Å². The van der Waals surface area contributed by atoms with Crippen molar-refractivity contribution in [3.05, 3.63) is 18.2 Å². The minimum Gasteiger partial charge on any atom is -0.397 e. The van der Waals surface area contributed by atoms with Crippen molar-refractivity contribution in [1.29, 1.82) is 0 Å². The van der Waals surface area contributed by atoms with Gasteiger partial charge >= 0.3 is 0 Å². The van der Waals surface area contributed by atoms with Gasteiger partial charge in [0.2, 0.25) is 0 Å². The lowest BCUT2D eigenvalue weighted by Gasteiger charge is -2.09. The zero-order chi connectivity index (χ0) is 9.84. The highest BCUT2D eigenvalue weighted by Crippen LogP contribution is 2.19. The number of hydrogen-bond donors (Lipinski definition) is 4. The summed E-state index contributed by atoms with van der Waals surface area (Å²) in [5.74, 6) is 0. The van der Waals surface area contributed by atoms with Gasteiger partial charge < -0.3 is 21.9 Å². The Hall–Kier alpha value is -1.42. The molecule has 1 atom stereocenters. The maximum atomic E-state index is 9.02. The first kappa shape index (κ1) is 9.67. The van der Waals surface area contributed by atoms with Crippen LogP contribution in [-0.2, 0) is 0 Å². The molecule has 0 fully saturated rings. The fourth-order valence-corrected chi connectivity index (χ4v) is 0.950. The second-order valence-electron chi connectivity index (χ2n) is 3.07. The predicted octanol–water partition coefficient (Wildman–Crippen LogP) is 0.644. The third kappa shape index (κ3) is 2.83. The van der Waals surface area contributed by atoms with Crippen LogP contribution in [0.25, 0.3) is 0 Å². The highest BCUT2D eigenvalue weighted by molar-refractivity contribution is 5.69. The second kappa shape index (κ2) is 4.00. The Balaban J connectivity index is 2.63. The number of hydrogen-bond acceptors (Lipinski definition) is 4. The molecule has 1 aromatic carbocycles. The quantitative estimate of drug-likeness (QED) is 0.516. The molecule has 72 valence electrons. The van der Waals surface area contributed by atoms with Crippen LogP contribution in [0.15, 0.2) is 18.2 Å². The van der Waals surface area contributed by atoms with Crippen LogP contribution in [0, 0.1) is 0 Å². The smallest absolute Gasteiger partial charge is 0.0684 e. The van der Waals surface area contributed by atoms with Crippen molar-refractivity contribution >= 4 is 17.1 Å². The largest absolute Gasteiger partial charge is 0.397 e. The zero-order valence-electron chi connectivity index (χ0n) is 7.62. The Morgan fingerprint density at radius 3 is 2.62 bits per heavy atom. The highest BCUT2D eigenvalue weighted by atomic mass is 16.3. The average molecular weight is 181 g/mol. The molecule has 4 heteroatoms. The Labute approximate surface area is 77.6 Å². The van der Waals surface area contributed by atoms with E-state index < -0.39 is 0 Å². The van der Waals surface area contributed by atoms with E-state index in [1.165, 1.54) is 0 Å². The number of aliphatic hydroxyl groups excluding tert-OH is 1. The number of rotatable bonds is 3. The fourth-order valence-electron chi connectivity index (χ4n) is 0.950. The van der Waals surface area contributed by atoms with Crippen LogP contribution >= 0.6 is 0 Å². The van der Waals surface area contributed by atoms with Crippen LogP contribution < -0.4 is 16.8 Å². The van der Waals surface area contributed by atoms with Gasteiger partial charge in [-0.05, 0) is 25.1 Å². The second-order valence-corrected chi connectivity index (χ2v) is 3.07. The lowest BCUT2D eigenvalue weighted by molar-refractivity contribution is 0.208. The van der Waals surface area contributed by atoms with Crippen molar-refractivity contribution in [3.63, 3.8) is 0 Å². The van der Waals surface area contributed by atoms with E-state index in [1.54, 1.807) is 19.1 Å². The van der Waals surface area contributed by atoms with Crippen LogP contribution in [0.1, 0.15) is 6.92 Å². The summed E-state index contributed by atoms with van der Waals surface area (Å²) in [6.45, 7) is 2.22. The summed E-state index contributed by atoms with van der Waals surface area (Å²) in [6, 6.07) is 5.31. The Bertz CT molecular complexity index is 286. The number of benzene rings is 1. The van der Waals surface area contributed by atoms with Crippen LogP contribution in [0.2, 0.25) is 0 Å². The third-order valence-electron chi connectivity index (χ3n) is 1.69. The monoisotopic (exact) mass is 181 g/mol. The number of nitrogens with two attached hydrogens (primary N) is 2. The van der Waals surface area contributed by atoms with Gasteiger partial charge in [-0.15, -0.1) is 0 Å². The molecule has 0 bridgehead atoms. The summed E-state index contributed by atoms with van der Waals surface area (Å²) in [5, 5.41) is 12.0. The molecule has 0 saturated carbocycles. The summed E-state index contributed by atoms with van der Waals surface area (Å²) in [6.07, 6.45) is -0.376. The highest BCUT2D eigenvalue weighted by Gasteiger charge is 1.98. The first-order valence-corrected chi connectivity index (χ1v) is 4.16. The van der Waals surface area contributed by atoms with E-state index in [4.69, 9.17) is 16.6 Å². The van der Waals surface area contributed by atoms with Crippen molar-refractivity contribution in [2.45, 2.75) is 13.0 Å². The molecule has 0 spiro atoms. The molecule has 4 nitrogen and oxygen atoms in total. The molecule has 0 amide bonds. The molecule has 0 aliphatic carbocycles. The minimum atomic E-state index is -0.376. The Morgan fingerprint density at radius 2 is 2.08 bits per heavy atom. The maximum absolute atomic E-state index is 9.02. The van der Waals surface area contributed by atoms with Gasteiger partial charge in [0, 0.05) is 12.2 Å². The number of nitrogens with one attached hydrogen (secondary N) is 1. The Morgan fingerprint density at radius 1 is 1.38 bits per heavy atom. The molecule has 0 aromatic heterocycles. The van der Waals surface area contributed by atoms with E-state index in [-0.39, 0.29) is 6.10 Å². The van der Waals surface area contributed by atoms with Crippen molar-refractivity contribution in [3.8, 4) is 0 Å². The van der Waals surface area contributed by atoms with E-state index in [0.29, 0.717) is 17.9 Å². The van der Waals surface area contributed by atoms with E-state index in [2.05, 4.69) is 5.32 Å². The summed E-state index contributed by atoms with van der Waals surface area (Å²) in [7, 11) is 0. The molecule has 1 rings (SSSR count). The molecule has 0 aliphatic rings. The molecular weight excluding hydrogens is 166 g/mol. The standard InChI is InChI=1S/C9H15N3O/c1-6(13)5-12-7-2-3-8(10)9(11)4-7/h2-4,6,12-13H,5,10-11H2,1H3. The predicted molar refractivity (Wildman–Crippen MR) is 55.4 cm³/mol. The average Bonchev–Trinajstić information content (AvgIpc) is 2.07. The van der Waals surface area contributed by atoms with Gasteiger partial charge in [-0.25, -0.2) is 0 Å². The molecular formula is C9H15N3O. The van der Waals surface area contributed by atoms with E-state index in [1.807, 2.05) is 6.07 Å². The summed E-state index contributed by atoms with van der Waals surface area (Å²) >= 11 is 0. The molecule has 0 aliphatic heterocycles. The normalized spacial score (nSPS) is 12.5. The zero-order valence-corrected chi connectivity index (χ0v) is 7.62. The number of nitrogen functional groups attached to an aromatic ring is 2. The van der Waals surface area contributed by atoms with Crippen LogP contribution in [0.3, 0.4) is 0 Å². The van der Waals surface area contributed by atoms with Crippen LogP contribution in [0.5, 0.6) is 0 Å². The topological polar surface area (TPSA) is 84.3 Å². The van der Waals surface area contributed by atoms with Crippen molar-refractivity contribution in [2.24, 2.45) is 0 Å². The van der Waals surface area contributed by atoms with Gasteiger partial charge in [0.05, 0.1) is 17.5 Å². The van der Waals surface area contributed by atoms with Crippen LogP contribution in [0.4, 0.5) is 17.1 Å². The summed E-state index contributed by atoms with van der Waals surface area (Å²) < 4.78 is 0. The summed E-state index contributed by atoms with van der Waals surface area (Å²) in [4.78, 5) is 0. The molecule has 0 saturated heterocycles. The van der Waals surface area contributed by atoms with E-state index in [9.17, 15) is 0 Å². The molecule has 13 heavy (non-hydrogen) atoms. The van der Waals surface area contributed by atoms with Gasteiger partial charge in [0.25, 0.3) is 0 Å². The summed E-state index contributed by atoms with van der Waals surface area (Å²) in [5.41, 5.74) is 13.1. The minimum absolute atomic E-state index is 0.376. The SMILES string of the molecule is CC(O)CNc1ccc(N)c(N)c1. The van der Waals surface area contributed by atoms with Crippen molar-refractivity contribution < 1.29 is 5.11 Å². The first-order chi connectivity index (χ1) is 6.09. The van der Waals surface area contributed by atoms with Gasteiger partial charge in [0.15, 0.2) is 0 Å². The molecule has 0 radical (unpaired) electrons. The Kier molecular flexibility index (Phi) is 2.97. The maximum Gasteiger partial charge on any atom is 0.0684 e.